The molecule has 1 aromatic rings. The zero-order valence-corrected chi connectivity index (χ0v) is 14.0. The Labute approximate surface area is 138 Å². The zero-order chi connectivity index (χ0) is 16.2. The lowest BCUT2D eigenvalue weighted by Gasteiger charge is -2.36. The van der Waals surface area contributed by atoms with Crippen LogP contribution in [0.1, 0.15) is 31.7 Å². The molecule has 1 atom stereocenters. The van der Waals surface area contributed by atoms with Gasteiger partial charge in [-0.2, -0.15) is 0 Å². The van der Waals surface area contributed by atoms with Crippen LogP contribution in [0.3, 0.4) is 0 Å². The molecule has 0 N–H and O–H groups in total. The molecule has 1 saturated heterocycles. The van der Waals surface area contributed by atoms with Gasteiger partial charge in [0.25, 0.3) is 0 Å². The number of carbonyl (C=O) groups excluding carboxylic acids is 1. The van der Waals surface area contributed by atoms with E-state index in [0.717, 1.165) is 51.1 Å². The van der Waals surface area contributed by atoms with Gasteiger partial charge in [-0.1, -0.05) is 25.1 Å². The van der Waals surface area contributed by atoms with Crippen LogP contribution in [0.4, 0.5) is 4.39 Å². The Morgan fingerprint density at radius 2 is 1.91 bits per heavy atom. The third-order valence-electron chi connectivity index (χ3n) is 5.28. The van der Waals surface area contributed by atoms with E-state index < -0.39 is 0 Å². The van der Waals surface area contributed by atoms with Crippen molar-refractivity contribution in [2.75, 3.05) is 32.7 Å². The molecule has 1 aliphatic heterocycles. The first-order valence-electron chi connectivity index (χ1n) is 8.89. The van der Waals surface area contributed by atoms with Crippen LogP contribution in [0.15, 0.2) is 24.3 Å². The van der Waals surface area contributed by atoms with Gasteiger partial charge in [-0.15, -0.1) is 0 Å². The van der Waals surface area contributed by atoms with E-state index >= 15 is 0 Å². The molecule has 1 unspecified atom stereocenters. The second kappa shape index (κ2) is 7.43. The van der Waals surface area contributed by atoms with E-state index in [0.29, 0.717) is 11.8 Å². The lowest BCUT2D eigenvalue weighted by atomic mass is 10.0. The smallest absolute Gasteiger partial charge is 0.225 e. The van der Waals surface area contributed by atoms with Crippen molar-refractivity contribution in [1.82, 2.24) is 9.80 Å². The number of amides is 1. The van der Waals surface area contributed by atoms with Crippen molar-refractivity contribution in [2.24, 2.45) is 11.8 Å². The summed E-state index contributed by atoms with van der Waals surface area (Å²) in [6, 6.07) is 7.02. The summed E-state index contributed by atoms with van der Waals surface area (Å²) in [6.45, 7) is 6.64. The van der Waals surface area contributed by atoms with Crippen LogP contribution in [0.2, 0.25) is 0 Å². The van der Waals surface area contributed by atoms with Gasteiger partial charge in [0.15, 0.2) is 0 Å². The van der Waals surface area contributed by atoms with Gasteiger partial charge in [0.2, 0.25) is 5.91 Å². The van der Waals surface area contributed by atoms with Gasteiger partial charge < -0.3 is 4.90 Å². The molecule has 3 nitrogen and oxygen atoms in total. The molecule has 1 aromatic carbocycles. The molecular weight excluding hydrogens is 291 g/mol. The SMILES string of the molecule is CC(C(=O)N1CCN(CCCc2ccccc2F)CC1)C1CC1. The zero-order valence-electron chi connectivity index (χ0n) is 14.0. The highest BCUT2D eigenvalue weighted by atomic mass is 19.1. The third-order valence-corrected chi connectivity index (χ3v) is 5.28. The van der Waals surface area contributed by atoms with Crippen LogP contribution in [-0.2, 0) is 11.2 Å². The highest BCUT2D eigenvalue weighted by molar-refractivity contribution is 5.79. The number of nitrogens with zero attached hydrogens (tertiary/aromatic N) is 2. The molecule has 0 radical (unpaired) electrons. The van der Waals surface area contributed by atoms with E-state index in [2.05, 4.69) is 11.8 Å². The van der Waals surface area contributed by atoms with Crippen LogP contribution in [-0.4, -0.2) is 48.4 Å². The topological polar surface area (TPSA) is 23.6 Å². The number of hydrogen-bond acceptors (Lipinski definition) is 2. The molecule has 4 heteroatoms. The first kappa shape index (κ1) is 16.4. The lowest BCUT2D eigenvalue weighted by molar-refractivity contribution is -0.137. The fourth-order valence-electron chi connectivity index (χ4n) is 3.47. The first-order valence-corrected chi connectivity index (χ1v) is 8.89. The minimum absolute atomic E-state index is 0.100. The molecule has 3 rings (SSSR count). The van der Waals surface area contributed by atoms with Gasteiger partial charge in [-0.05, 0) is 49.8 Å². The summed E-state index contributed by atoms with van der Waals surface area (Å²) >= 11 is 0. The standard InChI is InChI=1S/C19H27FN2O/c1-15(16-8-9-16)19(23)22-13-11-21(12-14-22)10-4-6-17-5-2-3-7-18(17)20/h2-3,5,7,15-16H,4,6,8-14H2,1H3. The predicted molar refractivity (Wildman–Crippen MR) is 89.6 cm³/mol. The molecule has 0 spiro atoms. The highest BCUT2D eigenvalue weighted by Gasteiger charge is 2.35. The van der Waals surface area contributed by atoms with Gasteiger partial charge in [0.05, 0.1) is 0 Å². The van der Waals surface area contributed by atoms with Crippen LogP contribution >= 0.6 is 0 Å². The molecule has 0 bridgehead atoms. The second-order valence-electron chi connectivity index (χ2n) is 6.99. The van der Waals surface area contributed by atoms with E-state index in [4.69, 9.17) is 0 Å². The van der Waals surface area contributed by atoms with Crippen molar-refractivity contribution in [1.29, 1.82) is 0 Å². The minimum Gasteiger partial charge on any atom is -0.340 e. The van der Waals surface area contributed by atoms with Crippen LogP contribution in [0.25, 0.3) is 0 Å². The molecule has 2 aliphatic rings. The van der Waals surface area contributed by atoms with Gasteiger partial charge in [-0.3, -0.25) is 9.69 Å². The monoisotopic (exact) mass is 318 g/mol. The number of rotatable bonds is 6. The molecule has 0 aromatic heterocycles. The molecular formula is C19H27FN2O. The summed E-state index contributed by atoms with van der Waals surface area (Å²) in [7, 11) is 0. The third kappa shape index (κ3) is 4.31. The maximum atomic E-state index is 13.6. The molecule has 23 heavy (non-hydrogen) atoms. The first-order chi connectivity index (χ1) is 11.1. The molecule has 1 heterocycles. The Hall–Kier alpha value is -1.42. The van der Waals surface area contributed by atoms with Gasteiger partial charge >= 0.3 is 0 Å². The van der Waals surface area contributed by atoms with Crippen LogP contribution < -0.4 is 0 Å². The van der Waals surface area contributed by atoms with E-state index in [1.807, 2.05) is 17.0 Å². The molecule has 1 saturated carbocycles. The van der Waals surface area contributed by atoms with Crippen molar-refractivity contribution >= 4 is 5.91 Å². The maximum Gasteiger partial charge on any atom is 0.225 e. The maximum absolute atomic E-state index is 13.6. The minimum atomic E-state index is -0.100. The Kier molecular flexibility index (Phi) is 5.31. The second-order valence-corrected chi connectivity index (χ2v) is 6.99. The summed E-state index contributed by atoms with van der Waals surface area (Å²) in [5, 5.41) is 0. The van der Waals surface area contributed by atoms with Crippen LogP contribution in [0, 0.1) is 17.7 Å². The quantitative estimate of drug-likeness (QED) is 0.805. The van der Waals surface area contributed by atoms with Crippen LogP contribution in [0.5, 0.6) is 0 Å². The molecule has 1 amide bonds. The molecule has 1 aliphatic carbocycles. The number of halogens is 1. The van der Waals surface area contributed by atoms with Gasteiger partial charge in [0.1, 0.15) is 5.82 Å². The van der Waals surface area contributed by atoms with E-state index in [-0.39, 0.29) is 11.7 Å². The molecule has 126 valence electrons. The Morgan fingerprint density at radius 3 is 2.57 bits per heavy atom. The van der Waals surface area contributed by atoms with E-state index in [1.165, 1.54) is 18.9 Å². The summed E-state index contributed by atoms with van der Waals surface area (Å²) in [5.74, 6) is 1.10. The van der Waals surface area contributed by atoms with E-state index in [1.54, 1.807) is 6.07 Å². The number of benzene rings is 1. The fraction of sp³-hybridized carbons (Fsp3) is 0.632. The Bertz CT molecular complexity index is 536. The Balaban J connectivity index is 1.37. The van der Waals surface area contributed by atoms with Crippen molar-refractivity contribution in [3.63, 3.8) is 0 Å². The average molecular weight is 318 g/mol. The average Bonchev–Trinajstić information content (AvgIpc) is 3.41. The van der Waals surface area contributed by atoms with Crippen molar-refractivity contribution in [3.05, 3.63) is 35.6 Å². The van der Waals surface area contributed by atoms with Crippen molar-refractivity contribution < 1.29 is 9.18 Å². The molecule has 2 fully saturated rings. The lowest BCUT2D eigenvalue weighted by Crippen LogP contribution is -2.50. The number of hydrogen-bond donors (Lipinski definition) is 0. The number of aryl methyl sites for hydroxylation is 1. The Morgan fingerprint density at radius 1 is 1.22 bits per heavy atom. The van der Waals surface area contributed by atoms with Crippen molar-refractivity contribution in [3.8, 4) is 0 Å². The number of carbonyl (C=O) groups is 1. The fourth-order valence-corrected chi connectivity index (χ4v) is 3.47. The largest absolute Gasteiger partial charge is 0.340 e. The van der Waals surface area contributed by atoms with Gasteiger partial charge in [-0.25, -0.2) is 4.39 Å². The summed E-state index contributed by atoms with van der Waals surface area (Å²) < 4.78 is 13.6. The van der Waals surface area contributed by atoms with E-state index in [9.17, 15) is 9.18 Å². The van der Waals surface area contributed by atoms with Gasteiger partial charge in [0, 0.05) is 32.1 Å². The number of piperazine rings is 1. The summed E-state index contributed by atoms with van der Waals surface area (Å²) in [5.41, 5.74) is 0.805. The predicted octanol–water partition coefficient (Wildman–Crippen LogP) is 2.95. The summed E-state index contributed by atoms with van der Waals surface area (Å²) in [6.07, 6.45) is 4.20. The van der Waals surface area contributed by atoms with Crippen molar-refractivity contribution in [2.45, 2.75) is 32.6 Å². The summed E-state index contributed by atoms with van der Waals surface area (Å²) in [4.78, 5) is 16.8. The highest BCUT2D eigenvalue weighted by Crippen LogP contribution is 2.37. The normalized spacial score (nSPS) is 20.5.